The van der Waals surface area contributed by atoms with Crippen LogP contribution in [0.3, 0.4) is 0 Å². The van der Waals surface area contributed by atoms with Gasteiger partial charge in [-0.2, -0.15) is 0 Å². The van der Waals surface area contributed by atoms with Gasteiger partial charge >= 0.3 is 0 Å². The van der Waals surface area contributed by atoms with E-state index in [1.807, 2.05) is 23.1 Å². The molecule has 2 rings (SSSR count). The summed E-state index contributed by atoms with van der Waals surface area (Å²) in [4.78, 5) is 14.8. The molecule has 1 unspecified atom stereocenters. The third-order valence-electron chi connectivity index (χ3n) is 4.64. The molecule has 1 aromatic carbocycles. The van der Waals surface area contributed by atoms with E-state index in [1.54, 1.807) is 14.2 Å². The first-order chi connectivity index (χ1) is 10.6. The van der Waals surface area contributed by atoms with Crippen molar-refractivity contribution in [3.8, 4) is 11.5 Å². The molecular formula is C18H27NO3. The van der Waals surface area contributed by atoms with Crippen molar-refractivity contribution in [1.29, 1.82) is 0 Å². The fraction of sp³-hybridized carbons (Fsp3) is 0.611. The number of amides is 1. The molecule has 0 radical (unpaired) electrons. The summed E-state index contributed by atoms with van der Waals surface area (Å²) in [6, 6.07) is 5.46. The average Bonchev–Trinajstić information content (AvgIpc) is 2.79. The minimum Gasteiger partial charge on any atom is -0.493 e. The van der Waals surface area contributed by atoms with Crippen LogP contribution in [0.15, 0.2) is 18.2 Å². The van der Waals surface area contributed by atoms with Gasteiger partial charge in [0.2, 0.25) is 0 Å². The highest BCUT2D eigenvalue weighted by Gasteiger charge is 2.25. The Morgan fingerprint density at radius 2 is 1.95 bits per heavy atom. The highest BCUT2D eigenvalue weighted by Crippen LogP contribution is 2.32. The first kappa shape index (κ1) is 16.7. The quantitative estimate of drug-likeness (QED) is 0.853. The van der Waals surface area contributed by atoms with E-state index < -0.39 is 0 Å². The first-order valence-electron chi connectivity index (χ1n) is 8.08. The minimum atomic E-state index is 0.0418. The van der Waals surface area contributed by atoms with Crippen LogP contribution in [0.25, 0.3) is 0 Å². The normalized spacial score (nSPS) is 19.0. The Labute approximate surface area is 133 Å². The first-order valence-corrected chi connectivity index (χ1v) is 8.08. The van der Waals surface area contributed by atoms with E-state index in [0.717, 1.165) is 25.9 Å². The molecule has 0 saturated carbocycles. The van der Waals surface area contributed by atoms with Crippen molar-refractivity contribution in [2.75, 3.05) is 27.3 Å². The SMILES string of the molecule is COc1cccc(C(=O)N2CCCC(C(C)C)CC2)c1OC. The molecule has 122 valence electrons. The predicted octanol–water partition coefficient (Wildman–Crippen LogP) is 3.60. The van der Waals surface area contributed by atoms with Gasteiger partial charge in [-0.1, -0.05) is 19.9 Å². The summed E-state index contributed by atoms with van der Waals surface area (Å²) in [5.74, 6) is 2.56. The maximum Gasteiger partial charge on any atom is 0.257 e. The van der Waals surface area contributed by atoms with E-state index in [2.05, 4.69) is 13.8 Å². The number of methoxy groups -OCH3 is 2. The number of nitrogens with zero attached hydrogens (tertiary/aromatic N) is 1. The van der Waals surface area contributed by atoms with Crippen LogP contribution >= 0.6 is 0 Å². The van der Waals surface area contributed by atoms with Gasteiger partial charge in [0.05, 0.1) is 19.8 Å². The lowest BCUT2D eigenvalue weighted by atomic mass is 9.89. The Bertz CT molecular complexity index is 513. The number of benzene rings is 1. The van der Waals surface area contributed by atoms with Gasteiger partial charge in [0, 0.05) is 13.1 Å². The Morgan fingerprint density at radius 3 is 2.59 bits per heavy atom. The van der Waals surface area contributed by atoms with Gasteiger partial charge in [-0.05, 0) is 43.2 Å². The third kappa shape index (κ3) is 3.54. The van der Waals surface area contributed by atoms with E-state index in [0.29, 0.717) is 28.9 Å². The highest BCUT2D eigenvalue weighted by molar-refractivity contribution is 5.97. The Hall–Kier alpha value is -1.71. The summed E-state index contributed by atoms with van der Waals surface area (Å²) in [5, 5.41) is 0. The van der Waals surface area contributed by atoms with Crippen LogP contribution in [-0.2, 0) is 0 Å². The van der Waals surface area contributed by atoms with Crippen molar-refractivity contribution in [1.82, 2.24) is 4.90 Å². The number of ether oxygens (including phenoxy) is 2. The van der Waals surface area contributed by atoms with Gasteiger partial charge in [0.15, 0.2) is 11.5 Å². The van der Waals surface area contributed by atoms with Crippen molar-refractivity contribution in [2.24, 2.45) is 11.8 Å². The minimum absolute atomic E-state index is 0.0418. The zero-order valence-electron chi connectivity index (χ0n) is 14.1. The Morgan fingerprint density at radius 1 is 1.18 bits per heavy atom. The fourth-order valence-electron chi connectivity index (χ4n) is 3.22. The van der Waals surface area contributed by atoms with Gasteiger partial charge in [-0.15, -0.1) is 0 Å². The molecule has 1 saturated heterocycles. The van der Waals surface area contributed by atoms with E-state index in [-0.39, 0.29) is 5.91 Å². The number of para-hydroxylation sites is 1. The molecule has 1 aliphatic rings. The zero-order valence-corrected chi connectivity index (χ0v) is 14.1. The van der Waals surface area contributed by atoms with Crippen molar-refractivity contribution in [3.05, 3.63) is 23.8 Å². The standard InChI is InChI=1S/C18H27NO3/c1-13(2)14-7-6-11-19(12-10-14)18(20)15-8-5-9-16(21-3)17(15)22-4/h5,8-9,13-14H,6-7,10-12H2,1-4H3. The number of hydrogen-bond acceptors (Lipinski definition) is 3. The van der Waals surface area contributed by atoms with E-state index in [1.165, 1.54) is 6.42 Å². The maximum absolute atomic E-state index is 12.9. The predicted molar refractivity (Wildman–Crippen MR) is 87.6 cm³/mol. The van der Waals surface area contributed by atoms with E-state index >= 15 is 0 Å². The van der Waals surface area contributed by atoms with Gasteiger partial charge in [-0.3, -0.25) is 4.79 Å². The molecule has 0 spiro atoms. The summed E-state index contributed by atoms with van der Waals surface area (Å²) in [5.41, 5.74) is 0.588. The van der Waals surface area contributed by atoms with Crippen molar-refractivity contribution in [2.45, 2.75) is 33.1 Å². The van der Waals surface area contributed by atoms with Crippen molar-refractivity contribution in [3.63, 3.8) is 0 Å². The molecule has 0 bridgehead atoms. The second-order valence-corrected chi connectivity index (χ2v) is 6.27. The van der Waals surface area contributed by atoms with Gasteiger partial charge < -0.3 is 14.4 Å². The molecule has 1 aliphatic heterocycles. The van der Waals surface area contributed by atoms with Gasteiger partial charge in [0.1, 0.15) is 0 Å². The summed E-state index contributed by atoms with van der Waals surface area (Å²) in [7, 11) is 3.16. The summed E-state index contributed by atoms with van der Waals surface area (Å²) >= 11 is 0. The van der Waals surface area contributed by atoms with Crippen LogP contribution in [0.2, 0.25) is 0 Å². The third-order valence-corrected chi connectivity index (χ3v) is 4.64. The number of rotatable bonds is 4. The van der Waals surface area contributed by atoms with Crippen LogP contribution in [0.5, 0.6) is 11.5 Å². The number of carbonyl (C=O) groups excluding carboxylic acids is 1. The Balaban J connectivity index is 2.18. The van der Waals surface area contributed by atoms with Crippen molar-refractivity contribution >= 4 is 5.91 Å². The summed E-state index contributed by atoms with van der Waals surface area (Å²) in [6.45, 7) is 6.19. The molecule has 1 fully saturated rings. The highest BCUT2D eigenvalue weighted by atomic mass is 16.5. The molecule has 4 heteroatoms. The molecule has 0 N–H and O–H groups in total. The average molecular weight is 305 g/mol. The number of carbonyl (C=O) groups is 1. The van der Waals surface area contributed by atoms with Crippen LogP contribution < -0.4 is 9.47 Å². The second-order valence-electron chi connectivity index (χ2n) is 6.27. The molecule has 4 nitrogen and oxygen atoms in total. The lowest BCUT2D eigenvalue weighted by Crippen LogP contribution is -2.32. The van der Waals surface area contributed by atoms with Crippen LogP contribution in [0.4, 0.5) is 0 Å². The molecule has 1 heterocycles. The van der Waals surface area contributed by atoms with Crippen LogP contribution in [0.1, 0.15) is 43.5 Å². The summed E-state index contributed by atoms with van der Waals surface area (Å²) < 4.78 is 10.7. The number of likely N-dealkylation sites (tertiary alicyclic amines) is 1. The largest absolute Gasteiger partial charge is 0.493 e. The smallest absolute Gasteiger partial charge is 0.257 e. The molecular weight excluding hydrogens is 278 g/mol. The van der Waals surface area contributed by atoms with Gasteiger partial charge in [-0.25, -0.2) is 0 Å². The number of hydrogen-bond donors (Lipinski definition) is 0. The lowest BCUT2D eigenvalue weighted by molar-refractivity contribution is 0.0754. The van der Waals surface area contributed by atoms with Gasteiger partial charge in [0.25, 0.3) is 5.91 Å². The van der Waals surface area contributed by atoms with Crippen LogP contribution in [0, 0.1) is 11.8 Å². The van der Waals surface area contributed by atoms with Crippen molar-refractivity contribution < 1.29 is 14.3 Å². The zero-order chi connectivity index (χ0) is 16.1. The molecule has 1 atom stereocenters. The summed E-state index contributed by atoms with van der Waals surface area (Å²) in [6.07, 6.45) is 3.35. The Kier molecular flexibility index (Phi) is 5.69. The molecule has 22 heavy (non-hydrogen) atoms. The maximum atomic E-state index is 12.9. The molecule has 1 amide bonds. The molecule has 0 aromatic heterocycles. The van der Waals surface area contributed by atoms with E-state index in [4.69, 9.17) is 9.47 Å². The molecule has 0 aliphatic carbocycles. The topological polar surface area (TPSA) is 38.8 Å². The molecule has 1 aromatic rings. The monoisotopic (exact) mass is 305 g/mol. The fourth-order valence-corrected chi connectivity index (χ4v) is 3.22. The second kappa shape index (κ2) is 7.52. The lowest BCUT2D eigenvalue weighted by Gasteiger charge is -2.23. The van der Waals surface area contributed by atoms with E-state index in [9.17, 15) is 4.79 Å². The van der Waals surface area contributed by atoms with Crippen LogP contribution in [-0.4, -0.2) is 38.1 Å².